The second-order valence-electron chi connectivity index (χ2n) is 6.82. The van der Waals surface area contributed by atoms with Crippen molar-refractivity contribution in [1.29, 1.82) is 0 Å². The molecule has 1 saturated carbocycles. The Hall–Kier alpha value is -2.61. The monoisotopic (exact) mass is 387 g/mol. The van der Waals surface area contributed by atoms with Gasteiger partial charge < -0.3 is 14.6 Å². The minimum absolute atomic E-state index is 0.0438. The van der Waals surface area contributed by atoms with Gasteiger partial charge in [-0.2, -0.15) is 8.42 Å². The molecule has 0 unspecified atom stereocenters. The molecule has 4 rings (SSSR count). The van der Waals surface area contributed by atoms with Crippen molar-refractivity contribution < 1.29 is 17.6 Å². The summed E-state index contributed by atoms with van der Waals surface area (Å²) in [5.41, 5.74) is 1.02. The van der Waals surface area contributed by atoms with Crippen LogP contribution in [-0.2, 0) is 14.8 Å². The number of carbonyl (C=O) groups excluding carboxylic acids is 1. The maximum absolute atomic E-state index is 12.8. The van der Waals surface area contributed by atoms with Crippen LogP contribution >= 0.6 is 0 Å². The van der Waals surface area contributed by atoms with Gasteiger partial charge in [0.15, 0.2) is 11.6 Å². The predicted octanol–water partition coefficient (Wildman–Crippen LogP) is 3.38. The van der Waals surface area contributed by atoms with E-state index in [1.54, 1.807) is 24.3 Å². The summed E-state index contributed by atoms with van der Waals surface area (Å²) in [5.74, 6) is 0.676. The van der Waals surface area contributed by atoms with Crippen molar-refractivity contribution >= 4 is 33.1 Å². The summed E-state index contributed by atoms with van der Waals surface area (Å²) < 4.78 is 35.0. The molecule has 1 N–H and O–H groups in total. The van der Waals surface area contributed by atoms with Gasteiger partial charge >= 0.3 is 0 Å². The number of benzene rings is 1. The maximum Gasteiger partial charge on any atom is 0.286 e. The topological polar surface area (TPSA) is 92.0 Å². The average molecular weight is 387 g/mol. The number of amides is 1. The zero-order chi connectivity index (χ0) is 19.0. The van der Waals surface area contributed by atoms with Crippen LogP contribution in [-0.4, -0.2) is 26.7 Å². The number of hydrogen-bond acceptors (Lipinski definition) is 5. The summed E-state index contributed by atoms with van der Waals surface area (Å²) in [6.45, 7) is 2.69. The van der Waals surface area contributed by atoms with Gasteiger partial charge in [-0.3, -0.25) is 4.79 Å². The molecule has 8 heteroatoms. The van der Waals surface area contributed by atoms with E-state index in [0.29, 0.717) is 23.7 Å². The van der Waals surface area contributed by atoms with E-state index in [-0.39, 0.29) is 22.6 Å². The lowest BCUT2D eigenvalue weighted by Crippen LogP contribution is -2.37. The number of fused-ring (bicyclic) bond motifs is 1. The SMILES string of the molecule is CCCCN1C(c2ccco2)=NS(=O)(=O)c2cc(NC(=O)C3CC3)ccc21. The van der Waals surface area contributed by atoms with Crippen LogP contribution in [0.4, 0.5) is 11.4 Å². The van der Waals surface area contributed by atoms with Gasteiger partial charge in [-0.15, -0.1) is 4.40 Å². The Bertz CT molecular complexity index is 992. The fourth-order valence-electron chi connectivity index (χ4n) is 3.06. The molecule has 0 saturated heterocycles. The lowest BCUT2D eigenvalue weighted by molar-refractivity contribution is -0.117. The fourth-order valence-corrected chi connectivity index (χ4v) is 4.30. The van der Waals surface area contributed by atoms with Crippen LogP contribution in [0.5, 0.6) is 0 Å². The van der Waals surface area contributed by atoms with E-state index in [1.165, 1.54) is 12.3 Å². The van der Waals surface area contributed by atoms with Crippen molar-refractivity contribution in [3.05, 3.63) is 42.4 Å². The van der Waals surface area contributed by atoms with Crippen LogP contribution < -0.4 is 10.2 Å². The number of amidine groups is 1. The number of unbranched alkanes of at least 4 members (excludes halogenated alkanes) is 1. The highest BCUT2D eigenvalue weighted by molar-refractivity contribution is 7.90. The van der Waals surface area contributed by atoms with Gasteiger partial charge in [0.2, 0.25) is 5.91 Å². The van der Waals surface area contributed by atoms with Crippen LogP contribution in [0.2, 0.25) is 0 Å². The number of hydrogen-bond donors (Lipinski definition) is 1. The predicted molar refractivity (Wildman–Crippen MR) is 102 cm³/mol. The second-order valence-corrected chi connectivity index (χ2v) is 8.39. The highest BCUT2D eigenvalue weighted by atomic mass is 32.2. The Balaban J connectivity index is 1.75. The van der Waals surface area contributed by atoms with E-state index < -0.39 is 10.0 Å². The summed E-state index contributed by atoms with van der Waals surface area (Å²) in [7, 11) is -3.90. The van der Waals surface area contributed by atoms with Crippen LogP contribution in [0.1, 0.15) is 38.4 Å². The number of rotatable bonds is 6. The molecule has 1 aromatic carbocycles. The summed E-state index contributed by atoms with van der Waals surface area (Å²) in [6.07, 6.45) is 5.10. The smallest absolute Gasteiger partial charge is 0.286 e. The number of nitrogens with zero attached hydrogens (tertiary/aromatic N) is 2. The molecular weight excluding hydrogens is 366 g/mol. The van der Waals surface area contributed by atoms with Crippen LogP contribution in [0, 0.1) is 5.92 Å². The summed E-state index contributed by atoms with van der Waals surface area (Å²) >= 11 is 0. The first-order chi connectivity index (χ1) is 13.0. The molecule has 1 fully saturated rings. The number of sulfonamides is 1. The van der Waals surface area contributed by atoms with Crippen molar-refractivity contribution in [1.82, 2.24) is 0 Å². The lowest BCUT2D eigenvalue weighted by atomic mass is 10.2. The average Bonchev–Trinajstić information content (AvgIpc) is 3.36. The summed E-state index contributed by atoms with van der Waals surface area (Å²) in [4.78, 5) is 14.0. The quantitative estimate of drug-likeness (QED) is 0.820. The molecule has 0 radical (unpaired) electrons. The third-order valence-electron chi connectivity index (χ3n) is 4.68. The van der Waals surface area contributed by atoms with Gasteiger partial charge in [0.25, 0.3) is 10.0 Å². The molecule has 0 spiro atoms. The van der Waals surface area contributed by atoms with E-state index in [0.717, 1.165) is 25.7 Å². The summed E-state index contributed by atoms with van der Waals surface area (Å²) in [5, 5.41) is 2.80. The third kappa shape index (κ3) is 3.49. The van der Waals surface area contributed by atoms with E-state index >= 15 is 0 Å². The molecular formula is C19H21N3O4S. The Kier molecular flexibility index (Phi) is 4.51. The van der Waals surface area contributed by atoms with Crippen LogP contribution in [0.25, 0.3) is 0 Å². The standard InChI is InChI=1S/C19H21N3O4S/c1-2-3-10-22-15-9-8-14(20-19(23)13-6-7-13)12-17(15)27(24,25)21-18(22)16-5-4-11-26-16/h4-5,8-9,11-13H,2-3,6-7,10H2,1H3,(H,20,23). The van der Waals surface area contributed by atoms with Crippen molar-refractivity contribution in [3.8, 4) is 0 Å². The Labute approximate surface area is 158 Å². The Morgan fingerprint density at radius 2 is 2.15 bits per heavy atom. The minimum Gasteiger partial charge on any atom is -0.461 e. The van der Waals surface area contributed by atoms with Crippen molar-refractivity contribution in [3.63, 3.8) is 0 Å². The molecule has 1 amide bonds. The molecule has 27 heavy (non-hydrogen) atoms. The first-order valence-electron chi connectivity index (χ1n) is 9.11. The zero-order valence-electron chi connectivity index (χ0n) is 15.0. The van der Waals surface area contributed by atoms with Crippen LogP contribution in [0.3, 0.4) is 0 Å². The van der Waals surface area contributed by atoms with Gasteiger partial charge in [-0.25, -0.2) is 0 Å². The molecule has 7 nitrogen and oxygen atoms in total. The molecule has 2 aliphatic rings. The van der Waals surface area contributed by atoms with Gasteiger partial charge in [0.1, 0.15) is 4.90 Å². The molecule has 2 aromatic rings. The van der Waals surface area contributed by atoms with Crippen LogP contribution in [0.15, 0.2) is 50.3 Å². The number of anilines is 2. The maximum atomic E-state index is 12.8. The molecule has 1 aliphatic heterocycles. The molecule has 0 bridgehead atoms. The number of nitrogens with one attached hydrogen (secondary N) is 1. The van der Waals surface area contributed by atoms with E-state index in [2.05, 4.69) is 16.6 Å². The van der Waals surface area contributed by atoms with E-state index in [9.17, 15) is 13.2 Å². The molecule has 2 heterocycles. The number of carbonyl (C=O) groups is 1. The molecule has 142 valence electrons. The molecule has 1 aliphatic carbocycles. The van der Waals surface area contributed by atoms with Crippen molar-refractivity contribution in [2.75, 3.05) is 16.8 Å². The highest BCUT2D eigenvalue weighted by Gasteiger charge is 2.34. The largest absolute Gasteiger partial charge is 0.461 e. The number of furan rings is 1. The first kappa shape index (κ1) is 17.8. The van der Waals surface area contributed by atoms with Crippen molar-refractivity contribution in [2.45, 2.75) is 37.5 Å². The Morgan fingerprint density at radius 1 is 1.33 bits per heavy atom. The Morgan fingerprint density at radius 3 is 2.81 bits per heavy atom. The third-order valence-corrected chi connectivity index (χ3v) is 5.98. The summed E-state index contributed by atoms with van der Waals surface area (Å²) in [6, 6.07) is 8.35. The molecule has 1 aromatic heterocycles. The zero-order valence-corrected chi connectivity index (χ0v) is 15.8. The minimum atomic E-state index is -3.90. The lowest BCUT2D eigenvalue weighted by Gasteiger charge is -2.30. The van der Waals surface area contributed by atoms with E-state index in [4.69, 9.17) is 4.42 Å². The van der Waals surface area contributed by atoms with E-state index in [1.807, 2.05) is 4.90 Å². The second kappa shape index (κ2) is 6.84. The van der Waals surface area contributed by atoms with Crippen molar-refractivity contribution in [2.24, 2.45) is 10.3 Å². The van der Waals surface area contributed by atoms with Gasteiger partial charge in [0.05, 0.1) is 12.0 Å². The molecule has 0 atom stereocenters. The highest BCUT2D eigenvalue weighted by Crippen LogP contribution is 2.36. The van der Waals surface area contributed by atoms with Gasteiger partial charge in [-0.1, -0.05) is 13.3 Å². The van der Waals surface area contributed by atoms with Gasteiger partial charge in [0, 0.05) is 18.2 Å². The fraction of sp³-hybridized carbons (Fsp3) is 0.368. The first-order valence-corrected chi connectivity index (χ1v) is 10.5. The normalized spacial score (nSPS) is 18.0. The van der Waals surface area contributed by atoms with Gasteiger partial charge in [-0.05, 0) is 49.6 Å².